The smallest absolute Gasteiger partial charge is 0.247 e. The predicted molar refractivity (Wildman–Crippen MR) is 114 cm³/mol. The lowest BCUT2D eigenvalue weighted by atomic mass is 10.3. The first kappa shape index (κ1) is 20.9. The van der Waals surface area contributed by atoms with E-state index in [1.807, 2.05) is 24.3 Å². The Labute approximate surface area is 174 Å². The Kier molecular flexibility index (Phi) is 6.95. The summed E-state index contributed by atoms with van der Waals surface area (Å²) < 4.78 is 11.1. The number of piperazine rings is 1. The lowest BCUT2D eigenvalue weighted by molar-refractivity contribution is -0.111. The predicted octanol–water partition coefficient (Wildman–Crippen LogP) is 2.52. The van der Waals surface area contributed by atoms with Gasteiger partial charge in [-0.05, 0) is 43.1 Å². The molecular weight excluding hydrogens is 390 g/mol. The van der Waals surface area contributed by atoms with E-state index < -0.39 is 0 Å². The second kappa shape index (κ2) is 9.62. The van der Waals surface area contributed by atoms with Crippen molar-refractivity contribution in [1.82, 2.24) is 14.9 Å². The quantitative estimate of drug-likeness (QED) is 0.546. The van der Waals surface area contributed by atoms with E-state index in [1.54, 1.807) is 14.2 Å². The molecule has 0 aliphatic carbocycles. The van der Waals surface area contributed by atoms with Gasteiger partial charge in [-0.15, -0.1) is 0 Å². The topological polar surface area (TPSA) is 79.8 Å². The number of carbonyl (C=O) groups excluding carboxylic acids is 1. The minimum absolute atomic E-state index is 0.261. The van der Waals surface area contributed by atoms with Crippen LogP contribution in [0.3, 0.4) is 0 Å². The van der Waals surface area contributed by atoms with Crippen LogP contribution in [-0.2, 0) is 4.79 Å². The molecule has 154 valence electrons. The number of amides is 1. The molecule has 1 N–H and O–H groups in total. The Hall–Kier alpha value is -2.78. The van der Waals surface area contributed by atoms with Crippen molar-refractivity contribution in [1.29, 1.82) is 0 Å². The molecule has 1 aromatic carbocycles. The third-order valence-corrected chi connectivity index (χ3v) is 5.36. The first-order valence-electron chi connectivity index (χ1n) is 9.19. The number of hydrogen-bond acceptors (Lipinski definition) is 8. The first-order chi connectivity index (χ1) is 14.0. The lowest BCUT2D eigenvalue weighted by Gasteiger charge is -2.34. The van der Waals surface area contributed by atoms with Gasteiger partial charge >= 0.3 is 0 Å². The van der Waals surface area contributed by atoms with Gasteiger partial charge in [0.25, 0.3) is 0 Å². The van der Waals surface area contributed by atoms with Crippen LogP contribution in [0.1, 0.15) is 0 Å². The van der Waals surface area contributed by atoms with Gasteiger partial charge in [0.15, 0.2) is 10.8 Å². The van der Waals surface area contributed by atoms with Crippen LogP contribution >= 0.6 is 11.8 Å². The van der Waals surface area contributed by atoms with Gasteiger partial charge in [-0.3, -0.25) is 4.79 Å². The number of anilines is 2. The zero-order valence-electron chi connectivity index (χ0n) is 16.8. The highest BCUT2D eigenvalue weighted by Gasteiger charge is 2.25. The third kappa shape index (κ3) is 5.18. The molecule has 9 heteroatoms. The molecule has 0 spiro atoms. The van der Waals surface area contributed by atoms with Gasteiger partial charge in [0, 0.05) is 36.8 Å². The molecule has 1 aromatic heterocycles. The van der Waals surface area contributed by atoms with Crippen molar-refractivity contribution in [3.63, 3.8) is 0 Å². The minimum Gasteiger partial charge on any atom is -0.479 e. The number of rotatable bonds is 7. The zero-order valence-corrected chi connectivity index (χ0v) is 17.7. The van der Waals surface area contributed by atoms with Crippen molar-refractivity contribution in [2.75, 3.05) is 57.7 Å². The number of ether oxygens (including phenoxy) is 2. The summed E-state index contributed by atoms with van der Waals surface area (Å²) in [6.45, 7) is 7.07. The fraction of sp³-hybridized carbons (Fsp3) is 0.350. The van der Waals surface area contributed by atoms with Crippen LogP contribution in [0, 0.1) is 0 Å². The Morgan fingerprint density at radius 3 is 2.41 bits per heavy atom. The molecule has 2 aromatic rings. The van der Waals surface area contributed by atoms with Crippen LogP contribution in [0.4, 0.5) is 11.4 Å². The highest BCUT2D eigenvalue weighted by molar-refractivity contribution is 7.99. The van der Waals surface area contributed by atoms with Crippen LogP contribution in [0.5, 0.6) is 11.8 Å². The normalized spacial score (nSPS) is 14.4. The fourth-order valence-corrected chi connectivity index (χ4v) is 3.76. The van der Waals surface area contributed by atoms with Crippen LogP contribution in [0.25, 0.3) is 0 Å². The maximum Gasteiger partial charge on any atom is 0.247 e. The number of nitrogens with zero attached hydrogens (tertiary/aromatic N) is 4. The second-order valence-corrected chi connectivity index (χ2v) is 7.53. The number of hydrogen-bond donors (Lipinski definition) is 1. The molecule has 1 amide bonds. The summed E-state index contributed by atoms with van der Waals surface area (Å²) in [6, 6.07) is 7.44. The van der Waals surface area contributed by atoms with Gasteiger partial charge in [0.1, 0.15) is 0 Å². The van der Waals surface area contributed by atoms with Crippen LogP contribution in [0.2, 0.25) is 0 Å². The van der Waals surface area contributed by atoms with Gasteiger partial charge in [0.05, 0.1) is 14.2 Å². The average molecular weight is 416 g/mol. The Balaban J connectivity index is 1.86. The van der Waals surface area contributed by atoms with E-state index in [4.69, 9.17) is 9.47 Å². The van der Waals surface area contributed by atoms with Gasteiger partial charge in [-0.2, -0.15) is 9.97 Å². The lowest BCUT2D eigenvalue weighted by Crippen LogP contribution is -2.44. The maximum absolute atomic E-state index is 11.5. The molecule has 29 heavy (non-hydrogen) atoms. The maximum atomic E-state index is 11.5. The summed E-state index contributed by atoms with van der Waals surface area (Å²) in [5.41, 5.74) is 1.45. The van der Waals surface area contributed by atoms with E-state index in [2.05, 4.69) is 38.7 Å². The number of aromatic nitrogens is 2. The van der Waals surface area contributed by atoms with Gasteiger partial charge < -0.3 is 24.6 Å². The monoisotopic (exact) mass is 415 g/mol. The number of nitrogens with one attached hydrogen (secondary N) is 1. The van der Waals surface area contributed by atoms with Crippen molar-refractivity contribution in [3.8, 4) is 11.8 Å². The van der Waals surface area contributed by atoms with Gasteiger partial charge in [-0.1, -0.05) is 12.6 Å². The molecule has 1 aliphatic rings. The van der Waals surface area contributed by atoms with Crippen LogP contribution in [-0.4, -0.2) is 68.2 Å². The summed E-state index contributed by atoms with van der Waals surface area (Å²) in [7, 11) is 5.30. The molecule has 1 aliphatic heterocycles. The SMILES string of the molecule is C=CC(=O)Nc1cccc(Sc2nc(OC)c(N3CCN(C)CC3)c(OC)n2)c1. The van der Waals surface area contributed by atoms with Crippen molar-refractivity contribution >= 4 is 29.0 Å². The standard InChI is InChI=1S/C20H25N5O3S/c1-5-16(26)21-14-7-6-8-15(13-14)29-20-22-18(27-3)17(19(23-20)28-4)25-11-9-24(2)10-12-25/h5-8,13H,1,9-12H2,2-4H3,(H,21,26). The number of benzene rings is 1. The summed E-state index contributed by atoms with van der Waals surface area (Å²) in [6.07, 6.45) is 1.23. The summed E-state index contributed by atoms with van der Waals surface area (Å²) in [4.78, 5) is 26.0. The van der Waals surface area contributed by atoms with Crippen molar-refractivity contribution in [2.45, 2.75) is 10.1 Å². The molecular formula is C20H25N5O3S. The van der Waals surface area contributed by atoms with E-state index in [-0.39, 0.29) is 5.91 Å². The molecule has 8 nitrogen and oxygen atoms in total. The van der Waals surface area contributed by atoms with Crippen molar-refractivity contribution < 1.29 is 14.3 Å². The van der Waals surface area contributed by atoms with E-state index in [1.165, 1.54) is 17.8 Å². The Bertz CT molecular complexity index is 859. The van der Waals surface area contributed by atoms with Gasteiger partial charge in [0.2, 0.25) is 17.7 Å². The number of methoxy groups -OCH3 is 2. The molecule has 2 heterocycles. The Morgan fingerprint density at radius 1 is 1.17 bits per heavy atom. The largest absolute Gasteiger partial charge is 0.479 e. The second-order valence-electron chi connectivity index (χ2n) is 6.49. The molecule has 0 saturated carbocycles. The van der Waals surface area contributed by atoms with Crippen molar-refractivity contribution in [2.24, 2.45) is 0 Å². The summed E-state index contributed by atoms with van der Waals surface area (Å²) >= 11 is 1.37. The molecule has 0 unspecified atom stereocenters. The fourth-order valence-electron chi connectivity index (χ4n) is 2.96. The van der Waals surface area contributed by atoms with E-state index in [9.17, 15) is 4.79 Å². The highest BCUT2D eigenvalue weighted by atomic mass is 32.2. The number of likely N-dealkylation sites (N-methyl/N-ethyl adjacent to an activating group) is 1. The van der Waals surface area contributed by atoms with Gasteiger partial charge in [-0.25, -0.2) is 0 Å². The van der Waals surface area contributed by atoms with E-state index >= 15 is 0 Å². The molecule has 0 bridgehead atoms. The molecule has 0 radical (unpaired) electrons. The highest BCUT2D eigenvalue weighted by Crippen LogP contribution is 2.38. The third-order valence-electron chi connectivity index (χ3n) is 4.50. The number of carbonyl (C=O) groups is 1. The zero-order chi connectivity index (χ0) is 20.8. The summed E-state index contributed by atoms with van der Waals surface area (Å²) in [5, 5.41) is 3.25. The van der Waals surface area contributed by atoms with Crippen LogP contribution in [0.15, 0.2) is 47.0 Å². The average Bonchev–Trinajstić information content (AvgIpc) is 2.74. The molecule has 1 fully saturated rings. The van der Waals surface area contributed by atoms with Crippen molar-refractivity contribution in [3.05, 3.63) is 36.9 Å². The molecule has 1 saturated heterocycles. The Morgan fingerprint density at radius 2 is 1.83 bits per heavy atom. The van der Waals surface area contributed by atoms with E-state index in [0.717, 1.165) is 36.8 Å². The van der Waals surface area contributed by atoms with E-state index in [0.29, 0.717) is 22.6 Å². The first-order valence-corrected chi connectivity index (χ1v) is 10.0. The molecule has 3 rings (SSSR count). The summed E-state index contributed by atoms with van der Waals surface area (Å²) in [5.74, 6) is 0.711. The molecule has 0 atom stereocenters. The van der Waals surface area contributed by atoms with Crippen LogP contribution < -0.4 is 19.7 Å². The minimum atomic E-state index is -0.261.